The number of H-pyrrole nitrogens is 1. The molecule has 0 aliphatic carbocycles. The Morgan fingerprint density at radius 1 is 1.15 bits per heavy atom. The van der Waals surface area contributed by atoms with Crippen molar-refractivity contribution >= 4 is 17.1 Å². The molecule has 2 aliphatic rings. The highest BCUT2D eigenvalue weighted by atomic mass is 16.6. The van der Waals surface area contributed by atoms with Crippen LogP contribution in [0.3, 0.4) is 0 Å². The zero-order valence-corrected chi connectivity index (χ0v) is 15.2. The number of para-hydroxylation sites is 2. The summed E-state index contributed by atoms with van der Waals surface area (Å²) < 4.78 is 7.03. The molecule has 0 spiro atoms. The normalized spacial score (nSPS) is 22.2. The van der Waals surface area contributed by atoms with E-state index in [-0.39, 0.29) is 17.8 Å². The van der Waals surface area contributed by atoms with Crippen molar-refractivity contribution in [2.24, 2.45) is 0 Å². The van der Waals surface area contributed by atoms with Crippen molar-refractivity contribution in [2.45, 2.75) is 38.3 Å². The van der Waals surface area contributed by atoms with Crippen molar-refractivity contribution in [3.05, 3.63) is 34.7 Å². The summed E-state index contributed by atoms with van der Waals surface area (Å²) in [4.78, 5) is 31.5. The fraction of sp³-hybridized carbons (Fsp3) is 0.579. The fourth-order valence-corrected chi connectivity index (χ4v) is 4.37. The molecule has 1 atom stereocenters. The molecule has 0 radical (unpaired) electrons. The van der Waals surface area contributed by atoms with E-state index in [0.717, 1.165) is 56.5 Å². The van der Waals surface area contributed by atoms with Crippen molar-refractivity contribution in [1.82, 2.24) is 19.4 Å². The second-order valence-electron chi connectivity index (χ2n) is 7.17. The number of nitrogens with one attached hydrogen (secondary N) is 1. The van der Waals surface area contributed by atoms with Crippen LogP contribution in [0, 0.1) is 0 Å². The van der Waals surface area contributed by atoms with Gasteiger partial charge in [0.25, 0.3) is 0 Å². The highest BCUT2D eigenvalue weighted by Crippen LogP contribution is 2.28. The number of ether oxygens (including phenoxy) is 1. The van der Waals surface area contributed by atoms with Crippen molar-refractivity contribution < 1.29 is 9.53 Å². The van der Waals surface area contributed by atoms with Crippen LogP contribution >= 0.6 is 0 Å². The van der Waals surface area contributed by atoms with E-state index >= 15 is 0 Å². The number of aromatic nitrogens is 2. The Morgan fingerprint density at radius 2 is 1.88 bits per heavy atom. The van der Waals surface area contributed by atoms with Crippen LogP contribution in [0.5, 0.6) is 0 Å². The molecule has 7 nitrogen and oxygen atoms in total. The van der Waals surface area contributed by atoms with Gasteiger partial charge in [-0.15, -0.1) is 0 Å². The van der Waals surface area contributed by atoms with Crippen LogP contribution < -0.4 is 5.69 Å². The fourth-order valence-electron chi connectivity index (χ4n) is 4.37. The maximum Gasteiger partial charge on any atom is 0.409 e. The smallest absolute Gasteiger partial charge is 0.409 e. The minimum atomic E-state index is -0.199. The van der Waals surface area contributed by atoms with Gasteiger partial charge in [-0.05, 0) is 38.3 Å². The minimum Gasteiger partial charge on any atom is -0.450 e. The molecular weight excluding hydrogens is 332 g/mol. The predicted molar refractivity (Wildman–Crippen MR) is 99.4 cm³/mol. The molecule has 7 heteroatoms. The van der Waals surface area contributed by atoms with Gasteiger partial charge in [0, 0.05) is 38.3 Å². The Labute approximate surface area is 152 Å². The van der Waals surface area contributed by atoms with Gasteiger partial charge in [-0.25, -0.2) is 9.59 Å². The van der Waals surface area contributed by atoms with Crippen molar-refractivity contribution in [3.8, 4) is 0 Å². The highest BCUT2D eigenvalue weighted by Gasteiger charge is 2.33. The van der Waals surface area contributed by atoms with Gasteiger partial charge in [-0.1, -0.05) is 12.1 Å². The Hall–Kier alpha value is -2.28. The van der Waals surface area contributed by atoms with Crippen LogP contribution in [0.15, 0.2) is 29.1 Å². The summed E-state index contributed by atoms with van der Waals surface area (Å²) in [5.74, 6) is 0. The van der Waals surface area contributed by atoms with Crippen molar-refractivity contribution in [2.75, 3.05) is 32.8 Å². The number of likely N-dealkylation sites (tertiary alicyclic amines) is 2. The summed E-state index contributed by atoms with van der Waals surface area (Å²) in [5, 5.41) is 0. The first kappa shape index (κ1) is 17.1. The van der Waals surface area contributed by atoms with E-state index in [1.165, 1.54) is 0 Å². The molecule has 1 aromatic heterocycles. The van der Waals surface area contributed by atoms with Gasteiger partial charge < -0.3 is 14.6 Å². The number of amides is 1. The number of aromatic amines is 1. The molecule has 2 aliphatic heterocycles. The second-order valence-corrected chi connectivity index (χ2v) is 7.17. The molecule has 4 rings (SSSR count). The van der Waals surface area contributed by atoms with Gasteiger partial charge in [-0.2, -0.15) is 0 Å². The van der Waals surface area contributed by atoms with Gasteiger partial charge in [0.15, 0.2) is 0 Å². The van der Waals surface area contributed by atoms with Crippen LogP contribution in [0.1, 0.15) is 32.2 Å². The Balaban J connectivity index is 1.39. The second kappa shape index (κ2) is 7.15. The molecule has 0 unspecified atom stereocenters. The summed E-state index contributed by atoms with van der Waals surface area (Å²) in [7, 11) is 0. The number of fused-ring (bicyclic) bond motifs is 1. The van der Waals surface area contributed by atoms with Gasteiger partial charge >= 0.3 is 11.8 Å². The summed E-state index contributed by atoms with van der Waals surface area (Å²) >= 11 is 0. The average molecular weight is 358 g/mol. The summed E-state index contributed by atoms with van der Waals surface area (Å²) in [6.07, 6.45) is 2.71. The zero-order valence-electron chi connectivity index (χ0n) is 15.2. The van der Waals surface area contributed by atoms with Crippen molar-refractivity contribution in [3.63, 3.8) is 0 Å². The number of nitrogens with zero attached hydrogens (tertiary/aromatic N) is 3. The molecule has 1 aromatic carbocycles. The molecule has 1 N–H and O–H groups in total. The van der Waals surface area contributed by atoms with Crippen LogP contribution in [0.4, 0.5) is 4.79 Å². The molecule has 2 fully saturated rings. The maximum atomic E-state index is 12.4. The first-order chi connectivity index (χ1) is 12.7. The SMILES string of the molecule is CCOC(=O)N1CC[C@@H](N2CCC(n3c(=O)[nH]c4ccccc43)CC2)C1. The number of piperidine rings is 1. The molecule has 2 saturated heterocycles. The van der Waals surface area contributed by atoms with E-state index in [2.05, 4.69) is 9.88 Å². The van der Waals surface area contributed by atoms with Crippen molar-refractivity contribution in [1.29, 1.82) is 0 Å². The number of hydrogen-bond donors (Lipinski definition) is 1. The quantitative estimate of drug-likeness (QED) is 0.913. The molecular formula is C19H26N4O3. The Bertz CT molecular complexity index is 835. The molecule has 0 saturated carbocycles. The number of hydrogen-bond acceptors (Lipinski definition) is 4. The van der Waals surface area contributed by atoms with Crippen LogP contribution in [0.25, 0.3) is 11.0 Å². The third-order valence-corrected chi connectivity index (χ3v) is 5.69. The number of carbonyl (C=O) groups excluding carboxylic acids is 1. The van der Waals surface area contributed by atoms with E-state index in [4.69, 9.17) is 4.74 Å². The predicted octanol–water partition coefficient (Wildman–Crippen LogP) is 2.20. The largest absolute Gasteiger partial charge is 0.450 e. The number of imidazole rings is 1. The first-order valence-electron chi connectivity index (χ1n) is 9.52. The third-order valence-electron chi connectivity index (χ3n) is 5.69. The maximum absolute atomic E-state index is 12.4. The average Bonchev–Trinajstić information content (AvgIpc) is 3.26. The van der Waals surface area contributed by atoms with Crippen LogP contribution in [-0.4, -0.2) is 64.3 Å². The standard InChI is InChI=1S/C19H26N4O3/c1-2-26-19(25)22-12-9-15(13-22)21-10-7-14(8-11-21)23-17-6-4-3-5-16(17)20-18(23)24/h3-6,14-15H,2,7-13H2,1H3,(H,20,24)/t15-/m1/s1. The van der Waals surface area contributed by atoms with Gasteiger partial charge in [-0.3, -0.25) is 9.47 Å². The molecule has 1 amide bonds. The van der Waals surface area contributed by atoms with Gasteiger partial charge in [0.05, 0.1) is 17.6 Å². The van der Waals surface area contributed by atoms with E-state index in [1.807, 2.05) is 40.7 Å². The van der Waals surface area contributed by atoms with Gasteiger partial charge in [0.2, 0.25) is 0 Å². The number of carbonyl (C=O) groups is 1. The first-order valence-corrected chi connectivity index (χ1v) is 9.52. The number of rotatable bonds is 3. The number of benzene rings is 1. The van der Waals surface area contributed by atoms with E-state index in [1.54, 1.807) is 0 Å². The van der Waals surface area contributed by atoms with Gasteiger partial charge in [0.1, 0.15) is 0 Å². The summed E-state index contributed by atoms with van der Waals surface area (Å²) in [6, 6.07) is 8.51. The van der Waals surface area contributed by atoms with Crippen LogP contribution in [-0.2, 0) is 4.74 Å². The zero-order chi connectivity index (χ0) is 18.1. The lowest BCUT2D eigenvalue weighted by atomic mass is 10.0. The molecule has 0 bridgehead atoms. The monoisotopic (exact) mass is 358 g/mol. The molecule has 2 aromatic rings. The lowest BCUT2D eigenvalue weighted by Gasteiger charge is -2.36. The Kier molecular flexibility index (Phi) is 4.72. The lowest BCUT2D eigenvalue weighted by Crippen LogP contribution is -2.44. The molecule has 3 heterocycles. The minimum absolute atomic E-state index is 0.0148. The van der Waals surface area contributed by atoms with E-state index in [9.17, 15) is 9.59 Å². The summed E-state index contributed by atoms with van der Waals surface area (Å²) in [5.41, 5.74) is 1.88. The van der Waals surface area contributed by atoms with E-state index in [0.29, 0.717) is 12.6 Å². The summed E-state index contributed by atoms with van der Waals surface area (Å²) in [6.45, 7) is 5.69. The van der Waals surface area contributed by atoms with E-state index < -0.39 is 0 Å². The molecule has 26 heavy (non-hydrogen) atoms. The lowest BCUT2D eigenvalue weighted by molar-refractivity contribution is 0.105. The van der Waals surface area contributed by atoms with Crippen LogP contribution in [0.2, 0.25) is 0 Å². The highest BCUT2D eigenvalue weighted by molar-refractivity contribution is 5.75. The molecule has 140 valence electrons. The topological polar surface area (TPSA) is 70.6 Å². The third kappa shape index (κ3) is 3.11. The Morgan fingerprint density at radius 3 is 2.65 bits per heavy atom.